The van der Waals surface area contributed by atoms with Gasteiger partial charge in [-0.05, 0) is 6.42 Å². The number of nitrogen functional groups attached to an aromatic ring is 1. The molecule has 0 aliphatic rings. The molecule has 6 nitrogen and oxygen atoms in total. The molecule has 0 saturated heterocycles. The molecule has 1 heterocycles. The second-order valence-electron chi connectivity index (χ2n) is 3.52. The van der Waals surface area contributed by atoms with E-state index in [-0.39, 0.29) is 16.5 Å². The van der Waals surface area contributed by atoms with Crippen molar-refractivity contribution in [2.24, 2.45) is 4.99 Å². The van der Waals surface area contributed by atoms with Crippen LogP contribution in [0.2, 0.25) is 5.02 Å². The third-order valence-corrected chi connectivity index (χ3v) is 2.28. The third-order valence-electron chi connectivity index (χ3n) is 1.94. The van der Waals surface area contributed by atoms with Gasteiger partial charge >= 0.3 is 0 Å². The zero-order chi connectivity index (χ0) is 12.3. The Balaban J connectivity index is 3.46. The SMILES string of the molecule is CCCN=c1c(Cl)c(N(C)C)nc(N)n1O. The summed E-state index contributed by atoms with van der Waals surface area (Å²) in [7, 11) is 3.58. The highest BCUT2D eigenvalue weighted by atomic mass is 35.5. The normalized spacial score (nSPS) is 11.9. The Morgan fingerprint density at radius 1 is 1.56 bits per heavy atom. The van der Waals surface area contributed by atoms with Gasteiger partial charge in [0, 0.05) is 20.6 Å². The molecule has 0 aliphatic heterocycles. The van der Waals surface area contributed by atoms with Gasteiger partial charge in [-0.25, -0.2) is 0 Å². The molecule has 0 fully saturated rings. The van der Waals surface area contributed by atoms with E-state index in [1.165, 1.54) is 0 Å². The first-order valence-corrected chi connectivity index (χ1v) is 5.32. The predicted molar refractivity (Wildman–Crippen MR) is 63.9 cm³/mol. The molecule has 0 unspecified atom stereocenters. The van der Waals surface area contributed by atoms with Crippen molar-refractivity contribution in [2.45, 2.75) is 13.3 Å². The summed E-state index contributed by atoms with van der Waals surface area (Å²) in [6, 6.07) is 0. The first-order chi connectivity index (χ1) is 7.49. The van der Waals surface area contributed by atoms with Crippen molar-refractivity contribution in [1.82, 2.24) is 9.71 Å². The maximum Gasteiger partial charge on any atom is 0.238 e. The predicted octanol–water partition coefficient (Wildman–Crippen LogP) is 0.733. The number of nitrogens with two attached hydrogens (primary N) is 1. The van der Waals surface area contributed by atoms with E-state index in [9.17, 15) is 5.21 Å². The lowest BCUT2D eigenvalue weighted by molar-refractivity contribution is 0.175. The van der Waals surface area contributed by atoms with Gasteiger partial charge in [0.15, 0.2) is 11.3 Å². The first kappa shape index (κ1) is 12.6. The van der Waals surface area contributed by atoms with Crippen molar-refractivity contribution < 1.29 is 5.21 Å². The van der Waals surface area contributed by atoms with Gasteiger partial charge in [0.1, 0.15) is 5.02 Å². The molecule has 1 aromatic heterocycles. The Morgan fingerprint density at radius 3 is 2.69 bits per heavy atom. The summed E-state index contributed by atoms with van der Waals surface area (Å²) in [4.78, 5) is 9.84. The average molecular weight is 246 g/mol. The Labute approximate surface area is 99.0 Å². The first-order valence-electron chi connectivity index (χ1n) is 4.94. The smallest absolute Gasteiger partial charge is 0.238 e. The summed E-state index contributed by atoms with van der Waals surface area (Å²) in [5.41, 5.74) is 5.79. The van der Waals surface area contributed by atoms with Gasteiger partial charge < -0.3 is 15.8 Å². The van der Waals surface area contributed by atoms with E-state index in [0.29, 0.717) is 17.1 Å². The Morgan fingerprint density at radius 2 is 2.19 bits per heavy atom. The second-order valence-corrected chi connectivity index (χ2v) is 3.90. The van der Waals surface area contributed by atoms with Crippen molar-refractivity contribution in [3.05, 3.63) is 10.5 Å². The molecule has 7 heteroatoms. The van der Waals surface area contributed by atoms with Crippen molar-refractivity contribution in [1.29, 1.82) is 0 Å². The molecule has 1 aromatic rings. The molecule has 0 aliphatic carbocycles. The Bertz CT molecular complexity index is 440. The molecule has 0 saturated carbocycles. The maximum atomic E-state index is 9.64. The summed E-state index contributed by atoms with van der Waals surface area (Å²) in [5, 5.41) is 9.93. The largest absolute Gasteiger partial charge is 0.423 e. The molecule has 0 amide bonds. The van der Waals surface area contributed by atoms with Crippen LogP contribution in [0, 0.1) is 0 Å². The summed E-state index contributed by atoms with van der Waals surface area (Å²) in [5.74, 6) is 0.447. The van der Waals surface area contributed by atoms with Crippen LogP contribution in [-0.4, -0.2) is 35.6 Å². The Kier molecular flexibility index (Phi) is 4.00. The summed E-state index contributed by atoms with van der Waals surface area (Å²) < 4.78 is 0.699. The van der Waals surface area contributed by atoms with Crippen molar-refractivity contribution in [3.63, 3.8) is 0 Å². The van der Waals surface area contributed by atoms with Crippen LogP contribution in [0.4, 0.5) is 11.8 Å². The van der Waals surface area contributed by atoms with Crippen LogP contribution in [0.15, 0.2) is 4.99 Å². The van der Waals surface area contributed by atoms with Gasteiger partial charge in [-0.3, -0.25) is 4.99 Å². The monoisotopic (exact) mass is 245 g/mol. The average Bonchev–Trinajstić information content (AvgIpc) is 2.23. The fraction of sp³-hybridized carbons (Fsp3) is 0.556. The maximum absolute atomic E-state index is 9.64. The molecule has 0 spiro atoms. The quantitative estimate of drug-likeness (QED) is 0.770. The molecule has 90 valence electrons. The lowest BCUT2D eigenvalue weighted by Crippen LogP contribution is -2.28. The fourth-order valence-corrected chi connectivity index (χ4v) is 1.51. The van der Waals surface area contributed by atoms with Crippen LogP contribution in [0.3, 0.4) is 0 Å². The number of halogens is 1. The lowest BCUT2D eigenvalue weighted by Gasteiger charge is -2.15. The van der Waals surface area contributed by atoms with Gasteiger partial charge in [-0.15, -0.1) is 4.73 Å². The van der Waals surface area contributed by atoms with E-state index in [1.54, 1.807) is 19.0 Å². The van der Waals surface area contributed by atoms with Crippen molar-refractivity contribution in [2.75, 3.05) is 31.3 Å². The molecule has 1 rings (SSSR count). The number of nitrogens with zero attached hydrogens (tertiary/aromatic N) is 4. The zero-order valence-corrected chi connectivity index (χ0v) is 10.4. The third kappa shape index (κ3) is 2.38. The topological polar surface area (TPSA) is 79.7 Å². The number of hydrogen-bond acceptors (Lipinski definition) is 5. The van der Waals surface area contributed by atoms with E-state index >= 15 is 0 Å². The molecular formula is C9H16ClN5O. The molecule has 0 bridgehead atoms. The lowest BCUT2D eigenvalue weighted by atomic mass is 10.5. The Hall–Kier alpha value is -1.43. The van der Waals surface area contributed by atoms with Crippen LogP contribution in [0.1, 0.15) is 13.3 Å². The van der Waals surface area contributed by atoms with E-state index in [1.807, 2.05) is 6.92 Å². The minimum atomic E-state index is -0.0389. The van der Waals surface area contributed by atoms with Gasteiger partial charge in [-0.2, -0.15) is 4.98 Å². The minimum absolute atomic E-state index is 0.0389. The molecule has 16 heavy (non-hydrogen) atoms. The van der Waals surface area contributed by atoms with Crippen LogP contribution in [-0.2, 0) is 0 Å². The summed E-state index contributed by atoms with van der Waals surface area (Å²) >= 11 is 6.08. The van der Waals surface area contributed by atoms with Gasteiger partial charge in [-0.1, -0.05) is 18.5 Å². The van der Waals surface area contributed by atoms with E-state index in [2.05, 4.69) is 9.98 Å². The fourth-order valence-electron chi connectivity index (χ4n) is 1.16. The highest BCUT2D eigenvalue weighted by Gasteiger charge is 2.12. The minimum Gasteiger partial charge on any atom is -0.423 e. The van der Waals surface area contributed by atoms with Crippen molar-refractivity contribution in [3.8, 4) is 0 Å². The number of rotatable bonds is 3. The van der Waals surface area contributed by atoms with Crippen LogP contribution in [0.25, 0.3) is 0 Å². The second kappa shape index (κ2) is 5.07. The van der Waals surface area contributed by atoms with Crippen molar-refractivity contribution >= 4 is 23.4 Å². The standard InChI is InChI=1S/C9H16ClN5O/c1-4-5-12-7-6(10)8(14(2)3)13-9(11)15(7)16/h16H,4-5H2,1-3H3,(H2,11,13). The van der Waals surface area contributed by atoms with Gasteiger partial charge in [0.2, 0.25) is 5.95 Å². The summed E-state index contributed by atoms with van der Waals surface area (Å²) in [6.45, 7) is 2.55. The van der Waals surface area contributed by atoms with Crippen LogP contribution < -0.4 is 16.1 Å². The van der Waals surface area contributed by atoms with Gasteiger partial charge in [0.05, 0.1) is 0 Å². The van der Waals surface area contributed by atoms with Crippen LogP contribution >= 0.6 is 11.6 Å². The highest BCUT2D eigenvalue weighted by Crippen LogP contribution is 2.17. The zero-order valence-electron chi connectivity index (χ0n) is 9.61. The van der Waals surface area contributed by atoms with E-state index in [0.717, 1.165) is 6.42 Å². The van der Waals surface area contributed by atoms with E-state index in [4.69, 9.17) is 17.3 Å². The molecular weight excluding hydrogens is 230 g/mol. The molecule has 0 atom stereocenters. The number of anilines is 2. The van der Waals surface area contributed by atoms with E-state index < -0.39 is 0 Å². The summed E-state index contributed by atoms with van der Waals surface area (Å²) in [6.07, 6.45) is 0.857. The molecule has 3 N–H and O–H groups in total. The molecule has 0 aromatic carbocycles. The van der Waals surface area contributed by atoms with Gasteiger partial charge in [0.25, 0.3) is 0 Å². The number of aromatic nitrogens is 2. The molecule has 0 radical (unpaired) electrons. The highest BCUT2D eigenvalue weighted by molar-refractivity contribution is 6.32. The number of hydrogen-bond donors (Lipinski definition) is 2. The van der Waals surface area contributed by atoms with Crippen LogP contribution in [0.5, 0.6) is 0 Å².